The first-order chi connectivity index (χ1) is 9.72. The number of H-pyrrole nitrogens is 1. The highest BCUT2D eigenvalue weighted by Gasteiger charge is 2.24. The van der Waals surface area contributed by atoms with Crippen molar-refractivity contribution in [2.45, 2.75) is 37.4 Å². The molecule has 1 aliphatic heterocycles. The van der Waals surface area contributed by atoms with Crippen molar-refractivity contribution in [1.29, 1.82) is 0 Å². The number of hydrogen-bond donors (Lipinski definition) is 2. The molecule has 2 unspecified atom stereocenters. The summed E-state index contributed by atoms with van der Waals surface area (Å²) in [6.07, 6.45) is 2.95. The van der Waals surface area contributed by atoms with E-state index in [2.05, 4.69) is 22.2 Å². The number of thioether (sulfide) groups is 1. The van der Waals surface area contributed by atoms with E-state index in [1.54, 1.807) is 17.8 Å². The smallest absolute Gasteiger partial charge is 0.251 e. The van der Waals surface area contributed by atoms with Crippen LogP contribution in [0.15, 0.2) is 16.0 Å². The number of aromatic nitrogens is 2. The Morgan fingerprint density at radius 1 is 1.65 bits per heavy atom. The van der Waals surface area contributed by atoms with Crippen LogP contribution >= 0.6 is 11.8 Å². The van der Waals surface area contributed by atoms with Crippen molar-refractivity contribution in [3.05, 3.63) is 22.1 Å². The monoisotopic (exact) mass is 297 g/mol. The molecule has 1 aromatic heterocycles. The molecule has 0 saturated carbocycles. The van der Waals surface area contributed by atoms with Gasteiger partial charge in [0, 0.05) is 36.1 Å². The molecule has 1 aliphatic rings. The van der Waals surface area contributed by atoms with Crippen LogP contribution in [-0.2, 0) is 11.2 Å². The van der Waals surface area contributed by atoms with Crippen molar-refractivity contribution in [3.63, 3.8) is 0 Å². The fraction of sp³-hybridized carbons (Fsp3) is 0.714. The second-order valence-corrected chi connectivity index (χ2v) is 6.13. The minimum absolute atomic E-state index is 0.0591. The molecule has 6 heteroatoms. The summed E-state index contributed by atoms with van der Waals surface area (Å²) in [6, 6.07) is 1.98. The average Bonchev–Trinajstić information content (AvgIpc) is 2.93. The molecule has 0 radical (unpaired) electrons. The van der Waals surface area contributed by atoms with Gasteiger partial charge in [0.05, 0.1) is 6.61 Å². The van der Waals surface area contributed by atoms with Crippen LogP contribution in [0.4, 0.5) is 0 Å². The van der Waals surface area contributed by atoms with E-state index in [1.165, 1.54) is 0 Å². The van der Waals surface area contributed by atoms with Crippen LogP contribution in [0, 0.1) is 5.92 Å². The molecule has 0 aromatic carbocycles. The molecule has 0 aliphatic carbocycles. The van der Waals surface area contributed by atoms with E-state index in [1.807, 2.05) is 7.05 Å². The minimum Gasteiger partial charge on any atom is -0.381 e. The average molecular weight is 297 g/mol. The largest absolute Gasteiger partial charge is 0.381 e. The lowest BCUT2D eigenvalue weighted by atomic mass is 10.0. The molecular weight excluding hydrogens is 274 g/mol. The van der Waals surface area contributed by atoms with E-state index in [9.17, 15) is 4.79 Å². The predicted molar refractivity (Wildman–Crippen MR) is 81.4 cm³/mol. The summed E-state index contributed by atoms with van der Waals surface area (Å²) in [5.41, 5.74) is 0.820. The van der Waals surface area contributed by atoms with Crippen molar-refractivity contribution in [2.24, 2.45) is 5.92 Å². The molecule has 112 valence electrons. The lowest BCUT2D eigenvalue weighted by molar-refractivity contribution is 0.179. The molecule has 2 atom stereocenters. The van der Waals surface area contributed by atoms with Gasteiger partial charge in [-0.3, -0.25) is 4.79 Å². The summed E-state index contributed by atoms with van der Waals surface area (Å²) in [7, 11) is 1.98. The van der Waals surface area contributed by atoms with Crippen LogP contribution in [0.1, 0.15) is 25.5 Å². The molecule has 1 saturated heterocycles. The van der Waals surface area contributed by atoms with Gasteiger partial charge < -0.3 is 15.0 Å². The lowest BCUT2D eigenvalue weighted by Crippen LogP contribution is -2.36. The Morgan fingerprint density at radius 3 is 3.15 bits per heavy atom. The van der Waals surface area contributed by atoms with E-state index in [4.69, 9.17) is 4.74 Å². The number of ether oxygens (including phenoxy) is 1. The van der Waals surface area contributed by atoms with Crippen LogP contribution in [0.25, 0.3) is 0 Å². The first-order valence-electron chi connectivity index (χ1n) is 7.21. The Balaban J connectivity index is 1.96. The van der Waals surface area contributed by atoms with E-state index < -0.39 is 0 Å². The Hall–Kier alpha value is -0.850. The highest BCUT2D eigenvalue weighted by Crippen LogP contribution is 2.22. The third-order valence-electron chi connectivity index (χ3n) is 3.58. The van der Waals surface area contributed by atoms with Crippen molar-refractivity contribution >= 4 is 11.8 Å². The SMILES string of the molecule is CCCc1cc(=O)[nH]c(SCC(NC)C2CCOC2)n1. The molecule has 2 rings (SSSR count). The zero-order valence-electron chi connectivity index (χ0n) is 12.1. The van der Waals surface area contributed by atoms with Gasteiger partial charge in [0.1, 0.15) is 0 Å². The Bertz CT molecular complexity index is 472. The topological polar surface area (TPSA) is 67.0 Å². The number of nitrogens with one attached hydrogen (secondary N) is 2. The number of aryl methyl sites for hydroxylation is 1. The van der Waals surface area contributed by atoms with Gasteiger partial charge in [0.25, 0.3) is 5.56 Å². The van der Waals surface area contributed by atoms with Crippen LogP contribution in [-0.4, -0.2) is 42.0 Å². The third kappa shape index (κ3) is 4.33. The molecule has 0 bridgehead atoms. The zero-order chi connectivity index (χ0) is 14.4. The normalized spacial score (nSPS) is 20.2. The van der Waals surface area contributed by atoms with Gasteiger partial charge in [-0.15, -0.1) is 0 Å². The summed E-state index contributed by atoms with van der Waals surface area (Å²) < 4.78 is 5.44. The number of rotatable bonds is 7. The zero-order valence-corrected chi connectivity index (χ0v) is 13.0. The van der Waals surface area contributed by atoms with Gasteiger partial charge in [-0.2, -0.15) is 0 Å². The highest BCUT2D eigenvalue weighted by atomic mass is 32.2. The lowest BCUT2D eigenvalue weighted by Gasteiger charge is -2.21. The second-order valence-electron chi connectivity index (χ2n) is 5.12. The molecule has 2 heterocycles. The summed E-state index contributed by atoms with van der Waals surface area (Å²) in [5, 5.41) is 4.07. The molecule has 0 amide bonds. The van der Waals surface area contributed by atoms with Gasteiger partial charge in [-0.1, -0.05) is 25.1 Å². The van der Waals surface area contributed by atoms with Gasteiger partial charge in [0.2, 0.25) is 0 Å². The van der Waals surface area contributed by atoms with Crippen LogP contribution in [0.5, 0.6) is 0 Å². The molecule has 2 N–H and O–H groups in total. The number of aromatic amines is 1. The summed E-state index contributed by atoms with van der Waals surface area (Å²) in [4.78, 5) is 18.9. The van der Waals surface area contributed by atoms with Crippen molar-refractivity contribution in [2.75, 3.05) is 26.0 Å². The fourth-order valence-electron chi connectivity index (χ4n) is 2.43. The predicted octanol–water partition coefficient (Wildman–Crippen LogP) is 1.44. The maximum atomic E-state index is 11.6. The van der Waals surface area contributed by atoms with Gasteiger partial charge in [0.15, 0.2) is 5.16 Å². The van der Waals surface area contributed by atoms with Crippen LogP contribution < -0.4 is 10.9 Å². The number of nitrogens with zero attached hydrogens (tertiary/aromatic N) is 1. The van der Waals surface area contributed by atoms with Crippen molar-refractivity contribution in [3.8, 4) is 0 Å². The van der Waals surface area contributed by atoms with E-state index in [-0.39, 0.29) is 5.56 Å². The van der Waals surface area contributed by atoms with E-state index >= 15 is 0 Å². The maximum Gasteiger partial charge on any atom is 0.251 e. The second kappa shape index (κ2) is 7.81. The quantitative estimate of drug-likeness (QED) is 0.589. The van der Waals surface area contributed by atoms with Crippen molar-refractivity contribution < 1.29 is 4.74 Å². The summed E-state index contributed by atoms with van der Waals surface area (Å²) in [6.45, 7) is 3.77. The van der Waals surface area contributed by atoms with Gasteiger partial charge >= 0.3 is 0 Å². The van der Waals surface area contributed by atoms with E-state index in [0.717, 1.165) is 49.1 Å². The first kappa shape index (κ1) is 15.5. The van der Waals surface area contributed by atoms with Gasteiger partial charge in [-0.25, -0.2) is 4.98 Å². The third-order valence-corrected chi connectivity index (χ3v) is 4.58. The molecular formula is C14H23N3O2S. The molecule has 0 spiro atoms. The fourth-order valence-corrected chi connectivity index (χ4v) is 3.56. The van der Waals surface area contributed by atoms with Crippen LogP contribution in [0.2, 0.25) is 0 Å². The Kier molecular flexibility index (Phi) is 6.06. The van der Waals surface area contributed by atoms with Gasteiger partial charge in [-0.05, 0) is 19.9 Å². The number of hydrogen-bond acceptors (Lipinski definition) is 5. The van der Waals surface area contributed by atoms with E-state index in [0.29, 0.717) is 12.0 Å². The molecule has 1 aromatic rings. The van der Waals surface area contributed by atoms with Crippen molar-refractivity contribution in [1.82, 2.24) is 15.3 Å². The summed E-state index contributed by atoms with van der Waals surface area (Å²) in [5.74, 6) is 1.45. The molecule has 1 fully saturated rings. The summed E-state index contributed by atoms with van der Waals surface area (Å²) >= 11 is 1.61. The standard InChI is InChI=1S/C14H23N3O2S/c1-3-4-11-7-13(18)17-14(16-11)20-9-12(15-2)10-5-6-19-8-10/h7,10,12,15H,3-6,8-9H2,1-2H3,(H,16,17,18). The molecule has 20 heavy (non-hydrogen) atoms. The van der Waals surface area contributed by atoms with Crippen LogP contribution in [0.3, 0.4) is 0 Å². The maximum absolute atomic E-state index is 11.6. The molecule has 5 nitrogen and oxygen atoms in total. The first-order valence-corrected chi connectivity index (χ1v) is 8.19. The Labute approximate surface area is 123 Å². The minimum atomic E-state index is -0.0591. The highest BCUT2D eigenvalue weighted by molar-refractivity contribution is 7.99. The Morgan fingerprint density at radius 2 is 2.50 bits per heavy atom.